The van der Waals surface area contributed by atoms with Crippen LogP contribution in [0.1, 0.15) is 48.2 Å². The van der Waals surface area contributed by atoms with Gasteiger partial charge in [-0.3, -0.25) is 19.2 Å². The number of carbonyl (C=O) groups is 4. The normalized spacial score (nSPS) is 18.9. The van der Waals surface area contributed by atoms with Gasteiger partial charge in [-0.15, -0.1) is 0 Å². The highest BCUT2D eigenvalue weighted by molar-refractivity contribution is 6.01. The third-order valence-corrected chi connectivity index (χ3v) is 8.00. The number of hydrogen-bond donors (Lipinski definition) is 3. The molecule has 1 aliphatic heterocycles. The number of nitrogens with zero attached hydrogens (tertiary/aromatic N) is 1. The van der Waals surface area contributed by atoms with Crippen molar-refractivity contribution >= 4 is 23.6 Å². The van der Waals surface area contributed by atoms with E-state index in [4.69, 9.17) is 14.2 Å². The summed E-state index contributed by atoms with van der Waals surface area (Å²) < 4.78 is 17.2. The summed E-state index contributed by atoms with van der Waals surface area (Å²) in [5.41, 5.74) is 2.24. The molecule has 0 aromatic heterocycles. The van der Waals surface area contributed by atoms with Crippen molar-refractivity contribution in [3.63, 3.8) is 0 Å². The number of hydrogen-bond acceptors (Lipinski definition) is 7. The molecule has 47 heavy (non-hydrogen) atoms. The standard InChI is InChI=1S/C36H44N4O7/c1-5-46-31-18-17-26(21-32(31)45-4)14-11-19-37-35(43)29-22-33(41)38-24(2)36(44)40(3)27(20-25-12-7-6-8-13-25)23-47-30-16-10-9-15-28(30)34(42)39-29/h6-10,12-13,15-18,21,24,27,29H,5,11,14,19-20,22-23H2,1-4H3,(H,37,43)(H,38,41)(H,39,42)/t24-,27-,29-/m0/s1. The summed E-state index contributed by atoms with van der Waals surface area (Å²) >= 11 is 0. The minimum Gasteiger partial charge on any atom is -0.493 e. The lowest BCUT2D eigenvalue weighted by Gasteiger charge is -2.31. The summed E-state index contributed by atoms with van der Waals surface area (Å²) in [5, 5.41) is 8.27. The maximum Gasteiger partial charge on any atom is 0.255 e. The van der Waals surface area contributed by atoms with E-state index in [1.54, 1.807) is 50.2 Å². The third-order valence-electron chi connectivity index (χ3n) is 8.00. The van der Waals surface area contributed by atoms with Crippen LogP contribution in [-0.2, 0) is 27.2 Å². The van der Waals surface area contributed by atoms with Crippen molar-refractivity contribution in [2.75, 3.05) is 33.9 Å². The van der Waals surface area contributed by atoms with Crippen LogP contribution < -0.4 is 30.2 Å². The molecular formula is C36H44N4O7. The van der Waals surface area contributed by atoms with Gasteiger partial charge in [-0.05, 0) is 68.5 Å². The highest BCUT2D eigenvalue weighted by Crippen LogP contribution is 2.28. The predicted molar refractivity (Wildman–Crippen MR) is 178 cm³/mol. The number of para-hydroxylation sites is 1. The maximum absolute atomic E-state index is 13.5. The number of ether oxygens (including phenoxy) is 3. The Kier molecular flexibility index (Phi) is 12.6. The zero-order valence-electron chi connectivity index (χ0n) is 27.4. The number of nitrogens with one attached hydrogen (secondary N) is 3. The quantitative estimate of drug-likeness (QED) is 0.288. The van der Waals surface area contributed by atoms with Gasteiger partial charge in [-0.2, -0.15) is 0 Å². The number of fused-ring (bicyclic) bond motifs is 1. The topological polar surface area (TPSA) is 135 Å². The van der Waals surface area contributed by atoms with E-state index in [0.717, 1.165) is 11.1 Å². The van der Waals surface area contributed by atoms with E-state index in [0.29, 0.717) is 49.7 Å². The SMILES string of the molecule is CCOc1ccc(CCCNC(=O)[C@@H]2CC(=O)N[C@@H](C)C(=O)N(C)[C@@H](Cc3ccccc3)COc3ccccc3C(=O)N2)cc1OC. The van der Waals surface area contributed by atoms with Crippen molar-refractivity contribution in [2.45, 2.75) is 57.7 Å². The average molecular weight is 645 g/mol. The molecule has 3 atom stereocenters. The van der Waals surface area contributed by atoms with Gasteiger partial charge in [0, 0.05) is 13.6 Å². The van der Waals surface area contributed by atoms with Crippen molar-refractivity contribution in [1.29, 1.82) is 0 Å². The Morgan fingerprint density at radius 3 is 2.47 bits per heavy atom. The molecule has 4 rings (SSSR count). The second-order valence-electron chi connectivity index (χ2n) is 11.4. The molecule has 11 nitrogen and oxygen atoms in total. The monoisotopic (exact) mass is 644 g/mol. The van der Waals surface area contributed by atoms with Gasteiger partial charge in [-0.25, -0.2) is 0 Å². The first-order chi connectivity index (χ1) is 22.7. The number of aryl methyl sites for hydroxylation is 1. The molecule has 0 aliphatic carbocycles. The lowest BCUT2D eigenvalue weighted by atomic mass is 10.0. The van der Waals surface area contributed by atoms with Gasteiger partial charge in [0.05, 0.1) is 31.7 Å². The minimum absolute atomic E-state index is 0.103. The summed E-state index contributed by atoms with van der Waals surface area (Å²) in [6.45, 7) is 4.44. The molecule has 3 N–H and O–H groups in total. The van der Waals surface area contributed by atoms with Gasteiger partial charge < -0.3 is 35.1 Å². The molecule has 3 aromatic rings. The van der Waals surface area contributed by atoms with Crippen molar-refractivity contribution < 1.29 is 33.4 Å². The number of carbonyl (C=O) groups excluding carboxylic acids is 4. The Hall–Kier alpha value is -5.06. The summed E-state index contributed by atoms with van der Waals surface area (Å²) in [7, 11) is 3.26. The Labute approximate surface area is 276 Å². The molecule has 11 heteroatoms. The van der Waals surface area contributed by atoms with Crippen LogP contribution in [0, 0.1) is 0 Å². The van der Waals surface area contributed by atoms with E-state index in [1.807, 2.05) is 55.5 Å². The third kappa shape index (κ3) is 9.71. The summed E-state index contributed by atoms with van der Waals surface area (Å²) in [6.07, 6.45) is 1.41. The molecule has 250 valence electrons. The van der Waals surface area contributed by atoms with E-state index < -0.39 is 29.8 Å². The van der Waals surface area contributed by atoms with Crippen molar-refractivity contribution in [2.24, 2.45) is 0 Å². The van der Waals surface area contributed by atoms with Crippen molar-refractivity contribution in [3.8, 4) is 17.2 Å². The van der Waals surface area contributed by atoms with Crippen molar-refractivity contribution in [3.05, 3.63) is 89.5 Å². The highest BCUT2D eigenvalue weighted by atomic mass is 16.5. The number of amides is 4. The Bertz CT molecular complexity index is 1530. The first kappa shape index (κ1) is 34.8. The molecule has 0 unspecified atom stereocenters. The fourth-order valence-electron chi connectivity index (χ4n) is 5.41. The Morgan fingerprint density at radius 1 is 0.979 bits per heavy atom. The summed E-state index contributed by atoms with van der Waals surface area (Å²) in [6, 6.07) is 19.7. The minimum atomic E-state index is -1.19. The highest BCUT2D eigenvalue weighted by Gasteiger charge is 2.30. The van der Waals surface area contributed by atoms with Crippen molar-refractivity contribution in [1.82, 2.24) is 20.9 Å². The van der Waals surface area contributed by atoms with Gasteiger partial charge in [0.2, 0.25) is 17.7 Å². The first-order valence-corrected chi connectivity index (χ1v) is 15.9. The number of rotatable bonds is 10. The van der Waals surface area contributed by atoms with Crippen LogP contribution in [0.25, 0.3) is 0 Å². The summed E-state index contributed by atoms with van der Waals surface area (Å²) in [4.78, 5) is 55.0. The van der Waals surface area contributed by atoms with Crippen LogP contribution in [-0.4, -0.2) is 80.6 Å². The van der Waals surface area contributed by atoms with Crippen LogP contribution in [0.15, 0.2) is 72.8 Å². The van der Waals surface area contributed by atoms with E-state index >= 15 is 0 Å². The molecule has 4 amide bonds. The number of methoxy groups -OCH3 is 1. The Balaban J connectivity index is 1.47. The number of likely N-dealkylation sites (N-methyl/N-ethyl adjacent to an activating group) is 1. The largest absolute Gasteiger partial charge is 0.493 e. The summed E-state index contributed by atoms with van der Waals surface area (Å²) in [5.74, 6) is -0.297. The van der Waals surface area contributed by atoms with E-state index in [9.17, 15) is 19.2 Å². The molecular weight excluding hydrogens is 600 g/mol. The fraction of sp³-hybridized carbons (Fsp3) is 0.389. The first-order valence-electron chi connectivity index (χ1n) is 15.9. The maximum atomic E-state index is 13.5. The van der Waals surface area contributed by atoms with E-state index in [-0.39, 0.29) is 30.5 Å². The van der Waals surface area contributed by atoms with Gasteiger partial charge in [0.15, 0.2) is 11.5 Å². The second-order valence-corrected chi connectivity index (χ2v) is 11.4. The molecule has 0 spiro atoms. The van der Waals surface area contributed by atoms with Crippen LogP contribution in [0.4, 0.5) is 0 Å². The molecule has 0 bridgehead atoms. The second kappa shape index (κ2) is 17.0. The molecule has 1 aliphatic rings. The molecule has 0 fully saturated rings. The molecule has 0 saturated heterocycles. The van der Waals surface area contributed by atoms with Gasteiger partial charge in [0.1, 0.15) is 24.4 Å². The average Bonchev–Trinajstić information content (AvgIpc) is 3.08. The van der Waals surface area contributed by atoms with Gasteiger partial charge in [-0.1, -0.05) is 48.5 Å². The van der Waals surface area contributed by atoms with Crippen LogP contribution in [0.2, 0.25) is 0 Å². The fourth-order valence-corrected chi connectivity index (χ4v) is 5.41. The lowest BCUT2D eigenvalue weighted by molar-refractivity contribution is -0.137. The molecule has 0 radical (unpaired) electrons. The molecule has 3 aromatic carbocycles. The molecule has 0 saturated carbocycles. The zero-order chi connectivity index (χ0) is 33.8. The smallest absolute Gasteiger partial charge is 0.255 e. The van der Waals surface area contributed by atoms with Crippen LogP contribution in [0.5, 0.6) is 17.2 Å². The van der Waals surface area contributed by atoms with Gasteiger partial charge in [0.25, 0.3) is 5.91 Å². The molecule has 1 heterocycles. The lowest BCUT2D eigenvalue weighted by Crippen LogP contribution is -2.53. The van der Waals surface area contributed by atoms with Gasteiger partial charge >= 0.3 is 0 Å². The van der Waals surface area contributed by atoms with E-state index in [1.165, 1.54) is 0 Å². The van der Waals surface area contributed by atoms with Crippen LogP contribution >= 0.6 is 0 Å². The van der Waals surface area contributed by atoms with Crippen LogP contribution in [0.3, 0.4) is 0 Å². The van der Waals surface area contributed by atoms with E-state index in [2.05, 4.69) is 16.0 Å². The predicted octanol–water partition coefficient (Wildman–Crippen LogP) is 3.30. The zero-order valence-corrected chi connectivity index (χ0v) is 27.4. The Morgan fingerprint density at radius 2 is 1.72 bits per heavy atom. The number of benzene rings is 3.